The highest BCUT2D eigenvalue weighted by molar-refractivity contribution is 5.66. The number of nitrogens with zero attached hydrogens (tertiary/aromatic N) is 3. The molecule has 17 heavy (non-hydrogen) atoms. The van der Waals surface area contributed by atoms with Gasteiger partial charge in [-0.1, -0.05) is 0 Å². The first-order chi connectivity index (χ1) is 8.16. The second kappa shape index (κ2) is 5.31. The Morgan fingerprint density at radius 1 is 1.59 bits per heavy atom. The van der Waals surface area contributed by atoms with Crippen molar-refractivity contribution in [3.8, 4) is 0 Å². The maximum absolute atomic E-state index is 10.6. The fourth-order valence-electron chi connectivity index (χ4n) is 2.03. The first-order valence-electron chi connectivity index (χ1n) is 6.10. The van der Waals surface area contributed by atoms with Crippen LogP contribution in [0.25, 0.3) is 0 Å². The van der Waals surface area contributed by atoms with Crippen LogP contribution in [0.3, 0.4) is 0 Å². The molecule has 1 N–H and O–H groups in total. The van der Waals surface area contributed by atoms with Crippen molar-refractivity contribution in [1.82, 2.24) is 14.5 Å². The number of hydrogen-bond donors (Lipinski definition) is 1. The Bertz CT molecular complexity index is 385. The molecule has 1 aromatic rings. The number of aliphatic carboxylic acids is 1. The number of carboxylic acids is 1. The van der Waals surface area contributed by atoms with Crippen molar-refractivity contribution in [2.24, 2.45) is 0 Å². The van der Waals surface area contributed by atoms with Gasteiger partial charge in [-0.25, -0.2) is 4.98 Å². The molecule has 0 bridgehead atoms. The van der Waals surface area contributed by atoms with Crippen molar-refractivity contribution in [3.63, 3.8) is 0 Å². The van der Waals surface area contributed by atoms with Gasteiger partial charge in [0.25, 0.3) is 0 Å². The lowest BCUT2D eigenvalue weighted by Crippen LogP contribution is -2.32. The maximum atomic E-state index is 10.6. The topological polar surface area (TPSA) is 58.4 Å². The van der Waals surface area contributed by atoms with E-state index in [1.165, 1.54) is 12.8 Å². The van der Waals surface area contributed by atoms with Crippen LogP contribution in [-0.2, 0) is 11.3 Å². The van der Waals surface area contributed by atoms with Crippen molar-refractivity contribution in [2.45, 2.75) is 38.8 Å². The fourth-order valence-corrected chi connectivity index (χ4v) is 2.03. The number of carboxylic acid groups (broad SMARTS) is 1. The maximum Gasteiger partial charge on any atom is 0.304 e. The van der Waals surface area contributed by atoms with E-state index in [1.807, 2.05) is 13.1 Å². The van der Waals surface area contributed by atoms with Gasteiger partial charge in [-0.05, 0) is 19.8 Å². The van der Waals surface area contributed by atoms with Crippen molar-refractivity contribution in [2.75, 3.05) is 13.1 Å². The molecular weight excluding hydrogens is 218 g/mol. The Hall–Kier alpha value is -1.36. The summed E-state index contributed by atoms with van der Waals surface area (Å²) in [4.78, 5) is 17.1. The number of imidazole rings is 1. The molecule has 1 heterocycles. The summed E-state index contributed by atoms with van der Waals surface area (Å²) >= 11 is 0. The quantitative estimate of drug-likeness (QED) is 0.772. The molecule has 5 heteroatoms. The van der Waals surface area contributed by atoms with Gasteiger partial charge in [0.2, 0.25) is 0 Å². The van der Waals surface area contributed by atoms with Crippen LogP contribution in [0, 0.1) is 6.92 Å². The minimum absolute atomic E-state index is 0.236. The predicted octanol–water partition coefficient (Wildman–Crippen LogP) is 1.13. The molecule has 0 saturated heterocycles. The number of carbonyl (C=O) groups is 1. The monoisotopic (exact) mass is 237 g/mol. The molecule has 2 rings (SSSR count). The summed E-state index contributed by atoms with van der Waals surface area (Å²) in [7, 11) is 0. The summed E-state index contributed by atoms with van der Waals surface area (Å²) in [5.74, 6) is 0.299. The third kappa shape index (κ3) is 3.56. The summed E-state index contributed by atoms with van der Waals surface area (Å²) in [5, 5.41) is 8.72. The molecule has 94 valence electrons. The summed E-state index contributed by atoms with van der Waals surface area (Å²) in [6.45, 7) is 4.45. The molecule has 1 saturated carbocycles. The lowest BCUT2D eigenvalue weighted by molar-refractivity contribution is -0.137. The largest absolute Gasteiger partial charge is 0.481 e. The molecule has 0 aliphatic heterocycles. The Labute approximate surface area is 101 Å². The normalized spacial score (nSPS) is 15.4. The third-order valence-corrected chi connectivity index (χ3v) is 3.23. The van der Waals surface area contributed by atoms with Crippen molar-refractivity contribution in [1.29, 1.82) is 0 Å². The van der Waals surface area contributed by atoms with Gasteiger partial charge < -0.3 is 9.67 Å². The Balaban J connectivity index is 1.81. The Morgan fingerprint density at radius 3 is 2.88 bits per heavy atom. The van der Waals surface area contributed by atoms with Gasteiger partial charge in [0.05, 0.1) is 6.42 Å². The molecule has 1 aromatic heterocycles. The van der Waals surface area contributed by atoms with Crippen LogP contribution in [0.5, 0.6) is 0 Å². The van der Waals surface area contributed by atoms with Gasteiger partial charge in [0.15, 0.2) is 0 Å². The van der Waals surface area contributed by atoms with E-state index < -0.39 is 5.97 Å². The van der Waals surface area contributed by atoms with Gasteiger partial charge >= 0.3 is 5.97 Å². The molecule has 1 fully saturated rings. The second-order valence-electron chi connectivity index (χ2n) is 4.58. The molecular formula is C12H19N3O2. The summed E-state index contributed by atoms with van der Waals surface area (Å²) in [6, 6.07) is 0.609. The lowest BCUT2D eigenvalue weighted by atomic mass is 10.3. The van der Waals surface area contributed by atoms with Crippen LogP contribution in [0.1, 0.15) is 25.1 Å². The fraction of sp³-hybridized carbons (Fsp3) is 0.667. The molecule has 0 unspecified atom stereocenters. The van der Waals surface area contributed by atoms with E-state index in [4.69, 9.17) is 5.11 Å². The zero-order valence-corrected chi connectivity index (χ0v) is 10.2. The lowest BCUT2D eigenvalue weighted by Gasteiger charge is -2.21. The molecule has 5 nitrogen and oxygen atoms in total. The smallest absolute Gasteiger partial charge is 0.304 e. The average Bonchev–Trinajstić information content (AvgIpc) is 3.03. The van der Waals surface area contributed by atoms with Gasteiger partial charge in [-0.2, -0.15) is 0 Å². The zero-order chi connectivity index (χ0) is 12.3. The summed E-state index contributed by atoms with van der Waals surface area (Å²) < 4.78 is 2.11. The number of hydrogen-bond acceptors (Lipinski definition) is 3. The van der Waals surface area contributed by atoms with Crippen molar-refractivity contribution >= 4 is 5.97 Å². The van der Waals surface area contributed by atoms with Gasteiger partial charge in [0, 0.05) is 38.1 Å². The van der Waals surface area contributed by atoms with Crippen LogP contribution < -0.4 is 0 Å². The van der Waals surface area contributed by atoms with Gasteiger partial charge in [0.1, 0.15) is 5.82 Å². The van der Waals surface area contributed by atoms with Crippen LogP contribution >= 0.6 is 0 Å². The van der Waals surface area contributed by atoms with Crippen molar-refractivity contribution in [3.05, 3.63) is 18.2 Å². The first kappa shape index (κ1) is 12.1. The first-order valence-corrected chi connectivity index (χ1v) is 6.10. The van der Waals surface area contributed by atoms with E-state index in [1.54, 1.807) is 6.20 Å². The Morgan fingerprint density at radius 2 is 2.35 bits per heavy atom. The number of aryl methyl sites for hydroxylation is 1. The highest BCUT2D eigenvalue weighted by atomic mass is 16.4. The minimum Gasteiger partial charge on any atom is -0.481 e. The van der Waals surface area contributed by atoms with Crippen LogP contribution in [-0.4, -0.2) is 44.7 Å². The molecule has 0 radical (unpaired) electrons. The third-order valence-electron chi connectivity index (χ3n) is 3.23. The van der Waals surface area contributed by atoms with Crippen molar-refractivity contribution < 1.29 is 9.90 Å². The van der Waals surface area contributed by atoms with Crippen LogP contribution in [0.15, 0.2) is 12.4 Å². The van der Waals surface area contributed by atoms with Gasteiger partial charge in [-0.3, -0.25) is 9.69 Å². The van der Waals surface area contributed by atoms with E-state index in [9.17, 15) is 4.79 Å². The number of rotatable bonds is 7. The molecule has 0 amide bonds. The summed E-state index contributed by atoms with van der Waals surface area (Å²) in [6.07, 6.45) is 6.43. The predicted molar refractivity (Wildman–Crippen MR) is 63.8 cm³/mol. The van der Waals surface area contributed by atoms with Gasteiger partial charge in [-0.15, -0.1) is 0 Å². The van der Waals surface area contributed by atoms with Crippen LogP contribution in [0.4, 0.5) is 0 Å². The molecule has 1 aliphatic carbocycles. The average molecular weight is 237 g/mol. The standard InChI is InChI=1S/C12H19N3O2/c1-10-13-5-7-14(10)8-9-15(11-2-3-11)6-4-12(16)17/h5,7,11H,2-4,6,8-9H2,1H3,(H,16,17). The SMILES string of the molecule is Cc1nccn1CCN(CCC(=O)O)C1CC1. The van der Waals surface area contributed by atoms with E-state index in [0.29, 0.717) is 12.6 Å². The molecule has 0 spiro atoms. The molecule has 0 atom stereocenters. The van der Waals surface area contributed by atoms with E-state index >= 15 is 0 Å². The van der Waals surface area contributed by atoms with E-state index in [2.05, 4.69) is 14.5 Å². The molecule has 0 aromatic carbocycles. The van der Waals surface area contributed by atoms with E-state index in [0.717, 1.165) is 18.9 Å². The highest BCUT2D eigenvalue weighted by Gasteiger charge is 2.28. The molecule has 1 aliphatic rings. The van der Waals surface area contributed by atoms with E-state index in [-0.39, 0.29) is 6.42 Å². The zero-order valence-electron chi connectivity index (χ0n) is 10.2. The van der Waals surface area contributed by atoms with Crippen LogP contribution in [0.2, 0.25) is 0 Å². The Kier molecular flexibility index (Phi) is 3.78. The number of aromatic nitrogens is 2. The second-order valence-corrected chi connectivity index (χ2v) is 4.58. The minimum atomic E-state index is -0.713. The summed E-state index contributed by atoms with van der Waals surface area (Å²) in [5.41, 5.74) is 0. The highest BCUT2D eigenvalue weighted by Crippen LogP contribution is 2.26.